The van der Waals surface area contributed by atoms with E-state index in [4.69, 9.17) is 5.73 Å². The molecule has 4 heteroatoms. The summed E-state index contributed by atoms with van der Waals surface area (Å²) in [6.45, 7) is 0. The van der Waals surface area contributed by atoms with Gasteiger partial charge in [0.25, 0.3) is 0 Å². The minimum Gasteiger partial charge on any atom is -0.322 e. The molecule has 1 atom stereocenters. The number of pyridine rings is 1. The molecule has 0 saturated heterocycles. The highest BCUT2D eigenvalue weighted by Crippen LogP contribution is 2.39. The summed E-state index contributed by atoms with van der Waals surface area (Å²) in [7, 11) is 0. The molecule has 2 rings (SSSR count). The summed E-state index contributed by atoms with van der Waals surface area (Å²) in [6.07, 6.45) is 3.78. The van der Waals surface area contributed by atoms with Crippen LogP contribution in [0.4, 0.5) is 4.39 Å². The van der Waals surface area contributed by atoms with Crippen molar-refractivity contribution in [2.75, 3.05) is 0 Å². The van der Waals surface area contributed by atoms with Crippen molar-refractivity contribution >= 4 is 15.9 Å². The van der Waals surface area contributed by atoms with Gasteiger partial charge in [0.05, 0.1) is 11.7 Å². The van der Waals surface area contributed by atoms with Crippen molar-refractivity contribution in [2.45, 2.75) is 18.9 Å². The van der Waals surface area contributed by atoms with E-state index >= 15 is 0 Å². The summed E-state index contributed by atoms with van der Waals surface area (Å²) >= 11 is 3.15. The SMILES string of the molecule is NC(c1ncc(Br)cc1F)C1CC1. The Morgan fingerprint density at radius 2 is 2.31 bits per heavy atom. The highest BCUT2D eigenvalue weighted by atomic mass is 79.9. The molecular formula is C9H10BrFN2. The zero-order valence-corrected chi connectivity index (χ0v) is 8.59. The third-order valence-corrected chi connectivity index (χ3v) is 2.72. The maximum Gasteiger partial charge on any atom is 0.147 e. The molecule has 1 heterocycles. The summed E-state index contributed by atoms with van der Waals surface area (Å²) < 4.78 is 14.0. The summed E-state index contributed by atoms with van der Waals surface area (Å²) in [6, 6.07) is 1.18. The lowest BCUT2D eigenvalue weighted by Crippen LogP contribution is -2.15. The third-order valence-electron chi connectivity index (χ3n) is 2.28. The van der Waals surface area contributed by atoms with Crippen molar-refractivity contribution < 1.29 is 4.39 Å². The van der Waals surface area contributed by atoms with Gasteiger partial charge in [0.2, 0.25) is 0 Å². The van der Waals surface area contributed by atoms with Crippen molar-refractivity contribution in [3.05, 3.63) is 28.2 Å². The van der Waals surface area contributed by atoms with E-state index in [-0.39, 0.29) is 11.9 Å². The van der Waals surface area contributed by atoms with E-state index in [2.05, 4.69) is 20.9 Å². The number of aromatic nitrogens is 1. The predicted molar refractivity (Wildman–Crippen MR) is 51.5 cm³/mol. The van der Waals surface area contributed by atoms with Gasteiger partial charge in [-0.05, 0) is 40.8 Å². The van der Waals surface area contributed by atoms with Crippen LogP contribution in [0.1, 0.15) is 24.6 Å². The summed E-state index contributed by atoms with van der Waals surface area (Å²) in [5, 5.41) is 0. The Morgan fingerprint density at radius 3 is 2.85 bits per heavy atom. The van der Waals surface area contributed by atoms with Gasteiger partial charge >= 0.3 is 0 Å². The molecule has 1 aliphatic carbocycles. The number of rotatable bonds is 2. The average molecular weight is 245 g/mol. The Bertz CT molecular complexity index is 325. The highest BCUT2D eigenvalue weighted by molar-refractivity contribution is 9.10. The fourth-order valence-electron chi connectivity index (χ4n) is 1.35. The molecule has 0 amide bonds. The van der Waals surface area contributed by atoms with Gasteiger partial charge in [0.15, 0.2) is 0 Å². The molecule has 1 aromatic rings. The van der Waals surface area contributed by atoms with Gasteiger partial charge in [-0.3, -0.25) is 4.98 Å². The molecule has 0 aliphatic heterocycles. The first-order valence-corrected chi connectivity index (χ1v) is 5.04. The van der Waals surface area contributed by atoms with Crippen LogP contribution in [0, 0.1) is 11.7 Å². The van der Waals surface area contributed by atoms with Gasteiger partial charge in [-0.15, -0.1) is 0 Å². The third kappa shape index (κ3) is 1.89. The van der Waals surface area contributed by atoms with Crippen LogP contribution in [-0.2, 0) is 0 Å². The van der Waals surface area contributed by atoms with Crippen molar-refractivity contribution in [3.63, 3.8) is 0 Å². The van der Waals surface area contributed by atoms with Gasteiger partial charge in [0, 0.05) is 10.7 Å². The van der Waals surface area contributed by atoms with Crippen LogP contribution in [0.2, 0.25) is 0 Å². The van der Waals surface area contributed by atoms with Gasteiger partial charge in [-0.25, -0.2) is 4.39 Å². The van der Waals surface area contributed by atoms with E-state index in [0.717, 1.165) is 12.8 Å². The van der Waals surface area contributed by atoms with Crippen molar-refractivity contribution in [2.24, 2.45) is 11.7 Å². The first-order chi connectivity index (χ1) is 6.18. The fourth-order valence-corrected chi connectivity index (χ4v) is 1.65. The number of halogens is 2. The minimum absolute atomic E-state index is 0.229. The van der Waals surface area contributed by atoms with Crippen molar-refractivity contribution in [1.82, 2.24) is 4.98 Å². The number of nitrogens with two attached hydrogens (primary N) is 1. The Balaban J connectivity index is 2.28. The van der Waals surface area contributed by atoms with E-state index < -0.39 is 0 Å². The molecule has 1 unspecified atom stereocenters. The second-order valence-corrected chi connectivity index (χ2v) is 4.30. The number of hydrogen-bond acceptors (Lipinski definition) is 2. The number of nitrogens with zero attached hydrogens (tertiary/aromatic N) is 1. The van der Waals surface area contributed by atoms with Gasteiger partial charge in [-0.2, -0.15) is 0 Å². The van der Waals surface area contributed by atoms with Gasteiger partial charge < -0.3 is 5.73 Å². The normalized spacial score (nSPS) is 18.7. The molecule has 0 spiro atoms. The maximum atomic E-state index is 13.3. The van der Waals surface area contributed by atoms with Gasteiger partial charge in [0.1, 0.15) is 5.82 Å². The van der Waals surface area contributed by atoms with Crippen molar-refractivity contribution in [1.29, 1.82) is 0 Å². The Kier molecular flexibility index (Phi) is 2.34. The Labute approximate surface area is 84.5 Å². The summed E-state index contributed by atoms with van der Waals surface area (Å²) in [5.41, 5.74) is 6.23. The van der Waals surface area contributed by atoms with Crippen LogP contribution >= 0.6 is 15.9 Å². The number of hydrogen-bond donors (Lipinski definition) is 1. The van der Waals surface area contributed by atoms with E-state index in [9.17, 15) is 4.39 Å². The predicted octanol–water partition coefficient (Wildman–Crippen LogP) is 2.39. The second kappa shape index (κ2) is 3.35. The standard InChI is InChI=1S/C9H10BrFN2/c10-6-3-7(11)9(13-4-6)8(12)5-1-2-5/h3-5,8H,1-2,12H2. The molecule has 0 aromatic carbocycles. The van der Waals surface area contributed by atoms with E-state index in [1.54, 1.807) is 6.20 Å². The molecule has 0 bridgehead atoms. The minimum atomic E-state index is -0.311. The van der Waals surface area contributed by atoms with Crippen LogP contribution in [0.25, 0.3) is 0 Å². The topological polar surface area (TPSA) is 38.9 Å². The fraction of sp³-hybridized carbons (Fsp3) is 0.444. The van der Waals surface area contributed by atoms with Crippen LogP contribution in [0.5, 0.6) is 0 Å². The first-order valence-electron chi connectivity index (χ1n) is 4.25. The molecule has 1 aromatic heterocycles. The molecule has 0 radical (unpaired) electrons. The monoisotopic (exact) mass is 244 g/mol. The maximum absolute atomic E-state index is 13.3. The smallest absolute Gasteiger partial charge is 0.147 e. The molecule has 70 valence electrons. The van der Waals surface area contributed by atoms with E-state index in [0.29, 0.717) is 16.1 Å². The summed E-state index contributed by atoms with van der Waals surface area (Å²) in [4.78, 5) is 3.99. The molecular weight excluding hydrogens is 235 g/mol. The average Bonchev–Trinajstić information content (AvgIpc) is 2.85. The van der Waals surface area contributed by atoms with Crippen LogP contribution in [0.3, 0.4) is 0 Å². The molecule has 1 saturated carbocycles. The Hall–Kier alpha value is -0.480. The molecule has 1 fully saturated rings. The zero-order valence-electron chi connectivity index (χ0n) is 7.00. The van der Waals surface area contributed by atoms with Crippen molar-refractivity contribution in [3.8, 4) is 0 Å². The lowest BCUT2D eigenvalue weighted by Gasteiger charge is -2.10. The Morgan fingerprint density at radius 1 is 1.62 bits per heavy atom. The molecule has 2 nitrogen and oxygen atoms in total. The van der Waals surface area contributed by atoms with Gasteiger partial charge in [-0.1, -0.05) is 0 Å². The molecule has 13 heavy (non-hydrogen) atoms. The molecule has 1 aliphatic rings. The lowest BCUT2D eigenvalue weighted by molar-refractivity contribution is 0.535. The quantitative estimate of drug-likeness (QED) is 0.868. The molecule has 2 N–H and O–H groups in total. The van der Waals surface area contributed by atoms with Crippen LogP contribution < -0.4 is 5.73 Å². The zero-order chi connectivity index (χ0) is 9.42. The largest absolute Gasteiger partial charge is 0.322 e. The van der Waals surface area contributed by atoms with Crippen LogP contribution in [0.15, 0.2) is 16.7 Å². The first kappa shape index (κ1) is 9.09. The second-order valence-electron chi connectivity index (χ2n) is 3.38. The summed E-state index contributed by atoms with van der Waals surface area (Å²) in [5.74, 6) is 0.122. The lowest BCUT2D eigenvalue weighted by atomic mass is 10.1. The highest BCUT2D eigenvalue weighted by Gasteiger charge is 2.31. The van der Waals surface area contributed by atoms with E-state index in [1.165, 1.54) is 6.07 Å². The van der Waals surface area contributed by atoms with E-state index in [1.807, 2.05) is 0 Å². The van der Waals surface area contributed by atoms with Crippen LogP contribution in [-0.4, -0.2) is 4.98 Å².